The van der Waals surface area contributed by atoms with Crippen LogP contribution in [0.1, 0.15) is 57.4 Å². The topological polar surface area (TPSA) is 15.3 Å². The number of nitrogens with zero attached hydrogens (tertiary/aromatic N) is 1. The molecule has 0 amide bonds. The maximum absolute atomic E-state index is 3.66. The molecule has 0 saturated heterocycles. The highest BCUT2D eigenvalue weighted by molar-refractivity contribution is 5.32. The number of nitrogens with one attached hydrogen (secondary N) is 1. The minimum atomic E-state index is 0.412. The quantitative estimate of drug-likeness (QED) is 0.767. The molecule has 1 aromatic rings. The van der Waals surface area contributed by atoms with Crippen LogP contribution in [0.4, 0.5) is 0 Å². The van der Waals surface area contributed by atoms with E-state index in [0.29, 0.717) is 18.0 Å². The smallest absolute Gasteiger partial charge is 0.0449 e. The number of rotatable bonds is 8. The van der Waals surface area contributed by atoms with E-state index >= 15 is 0 Å². The van der Waals surface area contributed by atoms with Gasteiger partial charge in [-0.15, -0.1) is 0 Å². The van der Waals surface area contributed by atoms with Crippen LogP contribution in [-0.2, 0) is 0 Å². The molecule has 0 aromatic heterocycles. The minimum absolute atomic E-state index is 0.412. The van der Waals surface area contributed by atoms with Crippen molar-refractivity contribution in [2.75, 3.05) is 19.6 Å². The first kappa shape index (κ1) is 18.2. The number of benzene rings is 1. The number of hydrogen-bond donors (Lipinski definition) is 1. The Morgan fingerprint density at radius 2 is 1.67 bits per heavy atom. The summed E-state index contributed by atoms with van der Waals surface area (Å²) in [6, 6.07) is 7.87. The molecule has 1 N–H and O–H groups in total. The Kier molecular flexibility index (Phi) is 7.41. The van der Waals surface area contributed by atoms with E-state index in [0.717, 1.165) is 19.6 Å². The summed E-state index contributed by atoms with van der Waals surface area (Å²) in [5.41, 5.74) is 4.17. The molecule has 0 radical (unpaired) electrons. The second kappa shape index (κ2) is 8.55. The van der Waals surface area contributed by atoms with Crippen LogP contribution in [0.25, 0.3) is 0 Å². The first-order chi connectivity index (χ1) is 9.85. The summed E-state index contributed by atoms with van der Waals surface area (Å²) in [7, 11) is 0. The third kappa shape index (κ3) is 5.80. The first-order valence-corrected chi connectivity index (χ1v) is 8.39. The average Bonchev–Trinajstić information content (AvgIpc) is 2.39. The third-order valence-electron chi connectivity index (χ3n) is 4.13. The van der Waals surface area contributed by atoms with Gasteiger partial charge in [0.05, 0.1) is 0 Å². The molecular weight excluding hydrogens is 256 g/mol. The Labute approximate surface area is 131 Å². The number of hydrogen-bond acceptors (Lipinski definition) is 2. The van der Waals surface area contributed by atoms with Gasteiger partial charge < -0.3 is 5.32 Å². The van der Waals surface area contributed by atoms with Crippen LogP contribution >= 0.6 is 0 Å². The van der Waals surface area contributed by atoms with E-state index in [4.69, 9.17) is 0 Å². The molecule has 0 heterocycles. The fraction of sp³-hybridized carbons (Fsp3) is 0.684. The lowest BCUT2D eigenvalue weighted by Crippen LogP contribution is -2.41. The second-order valence-corrected chi connectivity index (χ2v) is 6.90. The maximum Gasteiger partial charge on any atom is 0.0449 e. The molecule has 2 heteroatoms. The molecule has 1 rings (SSSR count). The van der Waals surface area contributed by atoms with Gasteiger partial charge in [-0.25, -0.2) is 0 Å². The minimum Gasteiger partial charge on any atom is -0.309 e. The Balaban J connectivity index is 2.91. The molecule has 2 nitrogen and oxygen atoms in total. The van der Waals surface area contributed by atoms with Gasteiger partial charge in [0, 0.05) is 25.2 Å². The standard InChI is InChI=1S/C19H34N2/c1-8-20-19(13-21(15(4)5)12-14(2)3)18-10-9-16(6)17(7)11-18/h9-11,14-15,19-20H,8,12-13H2,1-7H3. The molecule has 0 aliphatic heterocycles. The van der Waals surface area contributed by atoms with E-state index in [2.05, 4.69) is 76.9 Å². The lowest BCUT2D eigenvalue weighted by molar-refractivity contribution is 0.177. The fourth-order valence-electron chi connectivity index (χ4n) is 2.72. The Morgan fingerprint density at radius 1 is 1.00 bits per heavy atom. The highest BCUT2D eigenvalue weighted by atomic mass is 15.2. The van der Waals surface area contributed by atoms with Crippen molar-refractivity contribution in [3.63, 3.8) is 0 Å². The monoisotopic (exact) mass is 290 g/mol. The van der Waals surface area contributed by atoms with Crippen molar-refractivity contribution in [3.05, 3.63) is 34.9 Å². The summed E-state index contributed by atoms with van der Waals surface area (Å²) < 4.78 is 0. The molecule has 1 atom stereocenters. The molecule has 0 bridgehead atoms. The summed E-state index contributed by atoms with van der Waals surface area (Å²) in [5.74, 6) is 0.703. The van der Waals surface area contributed by atoms with E-state index < -0.39 is 0 Å². The number of aryl methyl sites for hydroxylation is 2. The van der Waals surface area contributed by atoms with Crippen molar-refractivity contribution in [1.29, 1.82) is 0 Å². The average molecular weight is 290 g/mol. The van der Waals surface area contributed by atoms with Crippen LogP contribution < -0.4 is 5.32 Å². The molecule has 0 spiro atoms. The normalized spacial score (nSPS) is 13.4. The van der Waals surface area contributed by atoms with E-state index in [1.54, 1.807) is 0 Å². The predicted molar refractivity (Wildman–Crippen MR) is 93.9 cm³/mol. The molecule has 21 heavy (non-hydrogen) atoms. The molecule has 120 valence electrons. The van der Waals surface area contributed by atoms with Crippen LogP contribution in [-0.4, -0.2) is 30.6 Å². The maximum atomic E-state index is 3.66. The van der Waals surface area contributed by atoms with E-state index in [1.165, 1.54) is 16.7 Å². The van der Waals surface area contributed by atoms with Gasteiger partial charge in [0.25, 0.3) is 0 Å². The zero-order valence-corrected chi connectivity index (χ0v) is 15.0. The summed E-state index contributed by atoms with van der Waals surface area (Å²) in [6.07, 6.45) is 0. The van der Waals surface area contributed by atoms with Crippen LogP contribution in [0, 0.1) is 19.8 Å². The van der Waals surface area contributed by atoms with Gasteiger partial charge in [-0.2, -0.15) is 0 Å². The third-order valence-corrected chi connectivity index (χ3v) is 4.13. The zero-order chi connectivity index (χ0) is 16.0. The van der Waals surface area contributed by atoms with Crippen molar-refractivity contribution in [1.82, 2.24) is 10.2 Å². The second-order valence-electron chi connectivity index (χ2n) is 6.90. The van der Waals surface area contributed by atoms with Gasteiger partial charge in [0.15, 0.2) is 0 Å². The Morgan fingerprint density at radius 3 is 2.14 bits per heavy atom. The van der Waals surface area contributed by atoms with Crippen molar-refractivity contribution >= 4 is 0 Å². The number of likely N-dealkylation sites (N-methyl/N-ethyl adjacent to an activating group) is 1. The zero-order valence-electron chi connectivity index (χ0n) is 15.0. The van der Waals surface area contributed by atoms with Crippen molar-refractivity contribution in [3.8, 4) is 0 Å². The largest absolute Gasteiger partial charge is 0.309 e. The SMILES string of the molecule is CCNC(CN(CC(C)C)C(C)C)c1ccc(C)c(C)c1. The van der Waals surface area contributed by atoms with E-state index in [1.807, 2.05) is 0 Å². The van der Waals surface area contributed by atoms with Gasteiger partial charge >= 0.3 is 0 Å². The molecule has 0 aliphatic rings. The summed E-state index contributed by atoms with van der Waals surface area (Å²) in [4.78, 5) is 2.59. The summed E-state index contributed by atoms with van der Waals surface area (Å²) in [6.45, 7) is 19.0. The predicted octanol–water partition coefficient (Wildman–Crippen LogP) is 4.32. The highest BCUT2D eigenvalue weighted by Crippen LogP contribution is 2.20. The fourth-order valence-corrected chi connectivity index (χ4v) is 2.72. The Hall–Kier alpha value is -0.860. The molecule has 0 aliphatic carbocycles. The van der Waals surface area contributed by atoms with Gasteiger partial charge in [-0.05, 0) is 56.8 Å². The van der Waals surface area contributed by atoms with Crippen molar-refractivity contribution < 1.29 is 0 Å². The summed E-state index contributed by atoms with van der Waals surface area (Å²) in [5, 5.41) is 3.66. The van der Waals surface area contributed by atoms with Gasteiger partial charge in [0.1, 0.15) is 0 Å². The van der Waals surface area contributed by atoms with Gasteiger partial charge in [0.2, 0.25) is 0 Å². The lowest BCUT2D eigenvalue weighted by atomic mass is 10.00. The van der Waals surface area contributed by atoms with Crippen LogP contribution in [0.3, 0.4) is 0 Å². The summed E-state index contributed by atoms with van der Waals surface area (Å²) >= 11 is 0. The molecular formula is C19H34N2. The highest BCUT2D eigenvalue weighted by Gasteiger charge is 2.18. The van der Waals surface area contributed by atoms with Crippen LogP contribution in [0.5, 0.6) is 0 Å². The molecule has 1 aromatic carbocycles. The molecule has 0 fully saturated rings. The van der Waals surface area contributed by atoms with E-state index in [9.17, 15) is 0 Å². The molecule has 0 saturated carbocycles. The van der Waals surface area contributed by atoms with Crippen molar-refractivity contribution in [2.45, 2.75) is 60.5 Å². The molecule has 1 unspecified atom stereocenters. The Bertz CT molecular complexity index is 424. The van der Waals surface area contributed by atoms with Crippen LogP contribution in [0.2, 0.25) is 0 Å². The van der Waals surface area contributed by atoms with Gasteiger partial charge in [-0.1, -0.05) is 39.0 Å². The first-order valence-electron chi connectivity index (χ1n) is 8.39. The van der Waals surface area contributed by atoms with Crippen LogP contribution in [0.15, 0.2) is 18.2 Å². The van der Waals surface area contributed by atoms with E-state index in [-0.39, 0.29) is 0 Å². The lowest BCUT2D eigenvalue weighted by Gasteiger charge is -2.32. The van der Waals surface area contributed by atoms with Crippen molar-refractivity contribution in [2.24, 2.45) is 5.92 Å². The van der Waals surface area contributed by atoms with Gasteiger partial charge in [-0.3, -0.25) is 4.90 Å².